The summed E-state index contributed by atoms with van der Waals surface area (Å²) in [4.78, 5) is 0. The van der Waals surface area contributed by atoms with Crippen molar-refractivity contribution in [1.82, 2.24) is 0 Å². The van der Waals surface area contributed by atoms with Gasteiger partial charge < -0.3 is 0 Å². The van der Waals surface area contributed by atoms with Gasteiger partial charge in [0.25, 0.3) is 0 Å². The van der Waals surface area contributed by atoms with Crippen LogP contribution in [-0.4, -0.2) is 0 Å². The molecule has 6 aromatic rings. The monoisotopic (exact) mass is 522 g/mol. The van der Waals surface area contributed by atoms with Gasteiger partial charge in [-0.15, -0.1) is 11.3 Å². The molecule has 0 bridgehead atoms. The molecular formula is C36H30N2S. The summed E-state index contributed by atoms with van der Waals surface area (Å²) in [6.07, 6.45) is 0.921. The predicted molar refractivity (Wildman–Crippen MR) is 166 cm³/mol. The molecule has 0 radical (unpaired) electrons. The Balaban J connectivity index is 1.45. The standard InChI is InChI=1S/C36H30N2S/c1-35(2,3)32-16-24(15-31-30-12-7-23(21-38)17-33(30)39-34(31)32)19-36(4,5)27-10-13-29-26(18-27)9-8-25-14-22(20-37)6-11-28(25)29/h6-18H,19H2,1-5H3. The molecule has 0 N–H and O–H groups in total. The fraction of sp³-hybridized carbons (Fsp3) is 0.222. The highest BCUT2D eigenvalue weighted by atomic mass is 32.1. The van der Waals surface area contributed by atoms with Crippen LogP contribution in [0.4, 0.5) is 0 Å². The van der Waals surface area contributed by atoms with Crippen LogP contribution in [0.5, 0.6) is 0 Å². The molecule has 0 aliphatic rings. The zero-order valence-electron chi connectivity index (χ0n) is 23.0. The van der Waals surface area contributed by atoms with E-state index in [1.54, 1.807) is 11.3 Å². The molecule has 190 valence electrons. The molecule has 1 heterocycles. The highest BCUT2D eigenvalue weighted by Gasteiger charge is 2.25. The summed E-state index contributed by atoms with van der Waals surface area (Å²) in [6, 6.07) is 32.5. The van der Waals surface area contributed by atoms with Crippen molar-refractivity contribution in [1.29, 1.82) is 10.5 Å². The lowest BCUT2D eigenvalue weighted by atomic mass is 9.77. The van der Waals surface area contributed by atoms with E-state index in [-0.39, 0.29) is 10.8 Å². The van der Waals surface area contributed by atoms with Crippen molar-refractivity contribution in [3.05, 3.63) is 107 Å². The summed E-state index contributed by atoms with van der Waals surface area (Å²) >= 11 is 1.80. The first-order chi connectivity index (χ1) is 18.6. The molecule has 0 fully saturated rings. The first-order valence-corrected chi connectivity index (χ1v) is 14.2. The fourth-order valence-electron chi connectivity index (χ4n) is 5.84. The van der Waals surface area contributed by atoms with E-state index in [9.17, 15) is 10.5 Å². The zero-order chi connectivity index (χ0) is 27.5. The minimum Gasteiger partial charge on any atom is -0.192 e. The molecule has 0 amide bonds. The second kappa shape index (κ2) is 8.94. The predicted octanol–water partition coefficient (Wildman–Crippen LogP) is 9.92. The highest BCUT2D eigenvalue weighted by Crippen LogP contribution is 2.42. The SMILES string of the molecule is CC(C)(C)c1cc(CC(C)(C)c2ccc3c(ccc4cc(C#N)ccc43)c2)cc2c1sc1cc(C#N)ccc12. The van der Waals surface area contributed by atoms with Gasteiger partial charge in [-0.1, -0.05) is 83.1 Å². The van der Waals surface area contributed by atoms with Crippen molar-refractivity contribution in [2.24, 2.45) is 0 Å². The van der Waals surface area contributed by atoms with E-state index in [4.69, 9.17) is 0 Å². The Morgan fingerprint density at radius 3 is 1.92 bits per heavy atom. The van der Waals surface area contributed by atoms with E-state index in [1.807, 2.05) is 24.3 Å². The lowest BCUT2D eigenvalue weighted by Crippen LogP contribution is -2.21. The summed E-state index contributed by atoms with van der Waals surface area (Å²) in [7, 11) is 0. The van der Waals surface area contributed by atoms with Crippen LogP contribution >= 0.6 is 11.3 Å². The van der Waals surface area contributed by atoms with Gasteiger partial charge in [-0.2, -0.15) is 10.5 Å². The van der Waals surface area contributed by atoms with Crippen LogP contribution in [0.2, 0.25) is 0 Å². The second-order valence-corrected chi connectivity index (χ2v) is 13.4. The van der Waals surface area contributed by atoms with E-state index in [1.165, 1.54) is 53.0 Å². The van der Waals surface area contributed by atoms with Crippen molar-refractivity contribution in [3.63, 3.8) is 0 Å². The van der Waals surface area contributed by atoms with Gasteiger partial charge in [0.15, 0.2) is 0 Å². The van der Waals surface area contributed by atoms with Crippen LogP contribution in [-0.2, 0) is 17.3 Å². The zero-order valence-corrected chi connectivity index (χ0v) is 23.8. The molecule has 0 aliphatic carbocycles. The maximum atomic E-state index is 9.42. The van der Waals surface area contributed by atoms with Crippen LogP contribution in [0.25, 0.3) is 41.7 Å². The quantitative estimate of drug-likeness (QED) is 0.217. The van der Waals surface area contributed by atoms with Gasteiger partial charge in [0.05, 0.1) is 23.3 Å². The molecule has 1 aromatic heterocycles. The molecule has 0 atom stereocenters. The number of nitriles is 2. The first kappa shape index (κ1) is 25.1. The van der Waals surface area contributed by atoms with Crippen molar-refractivity contribution in [2.75, 3.05) is 0 Å². The lowest BCUT2D eigenvalue weighted by Gasteiger charge is -2.28. The average Bonchev–Trinajstić information content (AvgIpc) is 3.28. The summed E-state index contributed by atoms with van der Waals surface area (Å²) in [5.41, 5.74) is 5.35. The molecule has 0 saturated carbocycles. The molecule has 0 unspecified atom stereocenters. The molecule has 6 rings (SSSR count). The van der Waals surface area contributed by atoms with E-state index in [2.05, 4.69) is 101 Å². The Kier molecular flexibility index (Phi) is 5.76. The third-order valence-electron chi connectivity index (χ3n) is 7.96. The van der Waals surface area contributed by atoms with Gasteiger partial charge in [-0.25, -0.2) is 0 Å². The summed E-state index contributed by atoms with van der Waals surface area (Å²) < 4.78 is 2.50. The van der Waals surface area contributed by atoms with Crippen LogP contribution < -0.4 is 0 Å². The summed E-state index contributed by atoms with van der Waals surface area (Å²) in [6.45, 7) is 11.5. The van der Waals surface area contributed by atoms with Gasteiger partial charge in [0, 0.05) is 20.2 Å². The maximum absolute atomic E-state index is 9.42. The lowest BCUT2D eigenvalue weighted by molar-refractivity contribution is 0.521. The van der Waals surface area contributed by atoms with E-state index < -0.39 is 0 Å². The number of benzene rings is 5. The number of fused-ring (bicyclic) bond motifs is 6. The van der Waals surface area contributed by atoms with Gasteiger partial charge in [0.1, 0.15) is 0 Å². The fourth-order valence-corrected chi connectivity index (χ4v) is 7.29. The second-order valence-electron chi connectivity index (χ2n) is 12.3. The average molecular weight is 523 g/mol. The number of hydrogen-bond acceptors (Lipinski definition) is 3. The van der Waals surface area contributed by atoms with Crippen molar-refractivity contribution < 1.29 is 0 Å². The van der Waals surface area contributed by atoms with E-state index in [0.29, 0.717) is 11.1 Å². The Labute approximate surface area is 233 Å². The third-order valence-corrected chi connectivity index (χ3v) is 9.16. The van der Waals surface area contributed by atoms with Crippen LogP contribution in [0.1, 0.15) is 62.4 Å². The van der Waals surface area contributed by atoms with Gasteiger partial charge >= 0.3 is 0 Å². The van der Waals surface area contributed by atoms with Gasteiger partial charge in [-0.05, 0) is 85.8 Å². The summed E-state index contributed by atoms with van der Waals surface area (Å²) in [5.74, 6) is 0. The normalized spacial score (nSPS) is 12.3. The number of rotatable bonds is 3. The van der Waals surface area contributed by atoms with Gasteiger partial charge in [-0.3, -0.25) is 0 Å². The Morgan fingerprint density at radius 2 is 1.26 bits per heavy atom. The minimum absolute atomic E-state index is 0.00670. The maximum Gasteiger partial charge on any atom is 0.0992 e. The van der Waals surface area contributed by atoms with Crippen LogP contribution in [0, 0.1) is 22.7 Å². The smallest absolute Gasteiger partial charge is 0.0992 e. The molecule has 5 aromatic carbocycles. The van der Waals surface area contributed by atoms with E-state index >= 15 is 0 Å². The number of nitrogens with zero attached hydrogens (tertiary/aromatic N) is 2. The molecule has 39 heavy (non-hydrogen) atoms. The van der Waals surface area contributed by atoms with Crippen LogP contribution in [0.15, 0.2) is 78.9 Å². The van der Waals surface area contributed by atoms with Crippen LogP contribution in [0.3, 0.4) is 0 Å². The summed E-state index contributed by atoms with van der Waals surface area (Å²) in [5, 5.41) is 25.9. The Bertz CT molecular complexity index is 2020. The first-order valence-electron chi connectivity index (χ1n) is 13.3. The largest absolute Gasteiger partial charge is 0.192 e. The topological polar surface area (TPSA) is 47.6 Å². The minimum atomic E-state index is -0.0730. The number of hydrogen-bond donors (Lipinski definition) is 0. The van der Waals surface area contributed by atoms with E-state index in [0.717, 1.165) is 11.8 Å². The molecule has 0 aliphatic heterocycles. The molecular weight excluding hydrogens is 492 g/mol. The Hall–Kier alpha value is -4.18. The molecule has 3 heteroatoms. The van der Waals surface area contributed by atoms with Crippen molar-refractivity contribution in [3.8, 4) is 12.1 Å². The molecule has 0 spiro atoms. The third kappa shape index (κ3) is 4.34. The van der Waals surface area contributed by atoms with Gasteiger partial charge in [0.2, 0.25) is 0 Å². The van der Waals surface area contributed by atoms with Crippen molar-refractivity contribution in [2.45, 2.75) is 51.9 Å². The molecule has 0 saturated heterocycles. The molecule has 2 nitrogen and oxygen atoms in total. The number of thiophene rings is 1. The van der Waals surface area contributed by atoms with Crippen molar-refractivity contribution >= 4 is 53.1 Å². The Morgan fingerprint density at radius 1 is 0.641 bits per heavy atom. The highest BCUT2D eigenvalue weighted by molar-refractivity contribution is 7.26.